The minimum atomic E-state index is -2.50. The Hall–Kier alpha value is -3.60. The third-order valence-electron chi connectivity index (χ3n) is 5.39. The first kappa shape index (κ1) is 24.5. The summed E-state index contributed by atoms with van der Waals surface area (Å²) in [7, 11) is 0. The van der Waals surface area contributed by atoms with E-state index < -0.39 is 23.3 Å². The highest BCUT2D eigenvalue weighted by molar-refractivity contribution is 7.80. The van der Waals surface area contributed by atoms with Crippen LogP contribution in [0.3, 0.4) is 0 Å². The molecule has 0 fully saturated rings. The van der Waals surface area contributed by atoms with Gasteiger partial charge < -0.3 is 10.4 Å². The van der Waals surface area contributed by atoms with Crippen LogP contribution in [-0.4, -0.2) is 36.8 Å². The molecule has 35 heavy (non-hydrogen) atoms. The molecule has 0 bridgehead atoms. The van der Waals surface area contributed by atoms with Gasteiger partial charge in [0.1, 0.15) is 6.04 Å². The summed E-state index contributed by atoms with van der Waals surface area (Å²) in [5.41, 5.74) is 3.43. The highest BCUT2D eigenvalue weighted by atomic mass is 32.2. The van der Waals surface area contributed by atoms with Gasteiger partial charge in [0, 0.05) is 5.69 Å². The first-order chi connectivity index (χ1) is 16.7. The lowest BCUT2D eigenvalue weighted by atomic mass is 10.0. The fourth-order valence-corrected chi connectivity index (χ4v) is 5.40. The summed E-state index contributed by atoms with van der Waals surface area (Å²) in [5, 5.41) is 12.8. The molecule has 2 atom stereocenters. The zero-order valence-corrected chi connectivity index (χ0v) is 20.5. The molecule has 1 amide bonds. The molecule has 0 aliphatic rings. The van der Waals surface area contributed by atoms with Gasteiger partial charge in [-0.25, -0.2) is 14.0 Å². The number of carbonyl (C=O) groups is 2. The number of amides is 1. The fraction of sp³-hybridized carbons (Fsp3) is 0.160. The summed E-state index contributed by atoms with van der Waals surface area (Å²) in [6.45, 7) is 3.37. The minimum absolute atomic E-state index is 0.279. The van der Waals surface area contributed by atoms with Crippen LogP contribution in [0.1, 0.15) is 23.6 Å². The van der Waals surface area contributed by atoms with E-state index in [0.29, 0.717) is 16.4 Å². The van der Waals surface area contributed by atoms with Crippen molar-refractivity contribution in [1.29, 1.82) is 0 Å². The van der Waals surface area contributed by atoms with E-state index in [1.54, 1.807) is 50.2 Å². The first-order valence-electron chi connectivity index (χ1n) is 10.7. The van der Waals surface area contributed by atoms with Crippen molar-refractivity contribution in [3.8, 4) is 11.1 Å². The molecule has 180 valence electrons. The average Bonchev–Trinajstić information content (AvgIpc) is 3.27. The number of fused-ring (bicyclic) bond motifs is 1. The second kappa shape index (κ2) is 10.3. The molecule has 0 radical (unpaired) electrons. The number of hydrogen-bond acceptors (Lipinski definition) is 5. The van der Waals surface area contributed by atoms with E-state index in [4.69, 9.17) is 0 Å². The summed E-state index contributed by atoms with van der Waals surface area (Å²) in [4.78, 5) is 28.6. The second-order valence-corrected chi connectivity index (χ2v) is 10.0. The molecule has 3 aromatic carbocycles. The van der Waals surface area contributed by atoms with Crippen LogP contribution in [0.4, 0.5) is 11.4 Å². The second-order valence-electron chi connectivity index (χ2n) is 8.15. The fourth-order valence-electron chi connectivity index (χ4n) is 3.70. The predicted octanol–water partition coefficient (Wildman–Crippen LogP) is 5.27. The van der Waals surface area contributed by atoms with E-state index in [1.165, 1.54) is 11.3 Å². The molecule has 0 saturated heterocycles. The normalized spacial score (nSPS) is 12.9. The van der Waals surface area contributed by atoms with Crippen LogP contribution in [0.2, 0.25) is 0 Å². The number of rotatable bonds is 8. The van der Waals surface area contributed by atoms with Crippen LogP contribution in [0.25, 0.3) is 21.3 Å². The molecule has 4 aromatic rings. The van der Waals surface area contributed by atoms with Crippen molar-refractivity contribution in [2.45, 2.75) is 19.9 Å². The number of carboxylic acids is 1. The van der Waals surface area contributed by atoms with Gasteiger partial charge in [-0.2, -0.15) is 0 Å². The lowest BCUT2D eigenvalue weighted by Gasteiger charge is -2.29. The van der Waals surface area contributed by atoms with Crippen molar-refractivity contribution in [3.05, 3.63) is 77.8 Å². The van der Waals surface area contributed by atoms with Crippen LogP contribution < -0.4 is 9.62 Å². The highest BCUT2D eigenvalue weighted by Crippen LogP contribution is 2.28. The van der Waals surface area contributed by atoms with Crippen LogP contribution in [0.15, 0.2) is 72.8 Å². The topological polar surface area (TPSA) is 120 Å². The van der Waals surface area contributed by atoms with Crippen molar-refractivity contribution >= 4 is 56.1 Å². The van der Waals surface area contributed by atoms with Crippen molar-refractivity contribution in [3.63, 3.8) is 0 Å². The van der Waals surface area contributed by atoms with Crippen molar-refractivity contribution in [2.75, 3.05) is 9.62 Å². The van der Waals surface area contributed by atoms with E-state index in [-0.39, 0.29) is 11.8 Å². The predicted molar refractivity (Wildman–Crippen MR) is 139 cm³/mol. The number of nitrogens with one attached hydrogen (secondary N) is 1. The number of aromatic nitrogens is 1. The Bertz CT molecular complexity index is 1350. The molecule has 8 nitrogen and oxygen atoms in total. The molecule has 2 unspecified atom stereocenters. The maximum Gasteiger partial charge on any atom is 0.327 e. The minimum Gasteiger partial charge on any atom is -0.480 e. The van der Waals surface area contributed by atoms with Crippen molar-refractivity contribution in [1.82, 2.24) is 4.98 Å². The summed E-state index contributed by atoms with van der Waals surface area (Å²) in [5.74, 6) is -1.83. The first-order valence-corrected chi connectivity index (χ1v) is 12.6. The Labute approximate surface area is 208 Å². The third-order valence-corrected chi connectivity index (χ3v) is 7.20. The summed E-state index contributed by atoms with van der Waals surface area (Å²) in [6.07, 6.45) is 0. The molecular weight excluding hydrogens is 486 g/mol. The monoisotopic (exact) mass is 509 g/mol. The van der Waals surface area contributed by atoms with Gasteiger partial charge >= 0.3 is 5.97 Å². The molecule has 0 spiro atoms. The zero-order chi connectivity index (χ0) is 25.1. The molecule has 1 aromatic heterocycles. The van der Waals surface area contributed by atoms with E-state index in [9.17, 15) is 23.5 Å². The number of aliphatic carboxylic acids is 1. The lowest BCUT2D eigenvalue weighted by Crippen LogP contribution is -2.45. The molecule has 10 heteroatoms. The number of hydrogen-bond donors (Lipinski definition) is 3. The van der Waals surface area contributed by atoms with Crippen LogP contribution in [-0.2, 0) is 16.1 Å². The van der Waals surface area contributed by atoms with E-state index in [0.717, 1.165) is 25.6 Å². The number of anilines is 2. The standard InChI is InChI=1S/C25H23N3O5S2/c1-15(2)22(25(30)31)28(35(32)33)19-13-9-17(10-14-19)16-7-11-18(12-8-16)26-23(29)24-27-20-5-3-4-6-21(20)34-24/h3-15,22H,1-2H3,(H,26,29)(H,30,31)(H,32,33). The third kappa shape index (κ3) is 5.40. The lowest BCUT2D eigenvalue weighted by molar-refractivity contribution is -0.139. The number of carbonyl (C=O) groups excluding carboxylic acids is 1. The Morgan fingerprint density at radius 1 is 0.971 bits per heavy atom. The summed E-state index contributed by atoms with van der Waals surface area (Å²) in [6, 6.07) is 20.4. The van der Waals surface area contributed by atoms with E-state index in [1.807, 2.05) is 36.4 Å². The quantitative estimate of drug-likeness (QED) is 0.279. The molecule has 3 N–H and O–H groups in total. The van der Waals surface area contributed by atoms with Crippen molar-refractivity contribution < 1.29 is 23.5 Å². The molecule has 4 rings (SSSR count). The van der Waals surface area contributed by atoms with Gasteiger partial charge in [-0.3, -0.25) is 13.7 Å². The van der Waals surface area contributed by atoms with Gasteiger partial charge in [0.05, 0.1) is 15.9 Å². The number of benzene rings is 3. The van der Waals surface area contributed by atoms with Crippen LogP contribution in [0.5, 0.6) is 0 Å². The van der Waals surface area contributed by atoms with Crippen molar-refractivity contribution in [2.24, 2.45) is 5.92 Å². The highest BCUT2D eigenvalue weighted by Gasteiger charge is 2.32. The average molecular weight is 510 g/mol. The van der Waals surface area contributed by atoms with Crippen LogP contribution in [0, 0.1) is 5.92 Å². The van der Waals surface area contributed by atoms with Gasteiger partial charge in [-0.05, 0) is 53.4 Å². The smallest absolute Gasteiger partial charge is 0.327 e. The molecule has 0 aliphatic heterocycles. The number of thiazole rings is 1. The maximum absolute atomic E-state index is 12.6. The van der Waals surface area contributed by atoms with Gasteiger partial charge in [0.2, 0.25) is 0 Å². The van der Waals surface area contributed by atoms with Gasteiger partial charge in [-0.15, -0.1) is 11.3 Å². The van der Waals surface area contributed by atoms with E-state index >= 15 is 0 Å². The SMILES string of the molecule is CC(C)C(C(=O)O)N(c1ccc(-c2ccc(NC(=O)c3nc4ccccc4s3)cc2)cc1)S(=O)O. The molecule has 0 saturated carbocycles. The van der Waals surface area contributed by atoms with Gasteiger partial charge in [0.25, 0.3) is 17.2 Å². The Balaban J connectivity index is 1.49. The maximum atomic E-state index is 12.6. The summed E-state index contributed by atoms with van der Waals surface area (Å²) >= 11 is -1.17. The molecule has 0 aliphatic carbocycles. The Morgan fingerprint density at radius 2 is 1.57 bits per heavy atom. The van der Waals surface area contributed by atoms with E-state index in [2.05, 4.69) is 10.3 Å². The Kier molecular flexibility index (Phi) is 7.25. The van der Waals surface area contributed by atoms with Gasteiger partial charge in [-0.1, -0.05) is 50.2 Å². The Morgan fingerprint density at radius 3 is 2.11 bits per heavy atom. The number of para-hydroxylation sites is 1. The largest absolute Gasteiger partial charge is 0.480 e. The molecular formula is C25H23N3O5S2. The summed E-state index contributed by atoms with van der Waals surface area (Å²) < 4.78 is 23.6. The van der Waals surface area contributed by atoms with Gasteiger partial charge in [0.15, 0.2) is 5.01 Å². The molecule has 1 heterocycles. The number of carboxylic acid groups (broad SMARTS) is 1. The van der Waals surface area contributed by atoms with Crippen LogP contribution >= 0.6 is 11.3 Å². The zero-order valence-electron chi connectivity index (χ0n) is 18.9. The number of nitrogens with zero attached hydrogens (tertiary/aromatic N) is 2.